The number of nitrogens with two attached hydrogens (primary N) is 1. The number of H-pyrrole nitrogens is 1. The van der Waals surface area contributed by atoms with Gasteiger partial charge in [-0.15, -0.1) is 0 Å². The summed E-state index contributed by atoms with van der Waals surface area (Å²) in [5.74, 6) is 1.23. The van der Waals surface area contributed by atoms with E-state index in [1.165, 1.54) is 5.56 Å². The summed E-state index contributed by atoms with van der Waals surface area (Å²) in [5, 5.41) is 1.02. The van der Waals surface area contributed by atoms with E-state index in [2.05, 4.69) is 48.9 Å². The molecule has 25 heavy (non-hydrogen) atoms. The fourth-order valence-electron chi connectivity index (χ4n) is 3.59. The van der Waals surface area contributed by atoms with Gasteiger partial charge in [0.15, 0.2) is 0 Å². The molecule has 0 amide bonds. The third kappa shape index (κ3) is 3.28. The first-order valence-electron chi connectivity index (χ1n) is 8.65. The third-order valence-electron chi connectivity index (χ3n) is 5.01. The van der Waals surface area contributed by atoms with Crippen molar-refractivity contribution < 1.29 is 0 Å². The highest BCUT2D eigenvalue weighted by atomic mass is 15.2. The summed E-state index contributed by atoms with van der Waals surface area (Å²) in [7, 11) is 2.11. The summed E-state index contributed by atoms with van der Waals surface area (Å²) in [4.78, 5) is 20.7. The molecular formula is C18H23N7. The monoisotopic (exact) mass is 337 g/mol. The van der Waals surface area contributed by atoms with E-state index in [0.717, 1.165) is 49.3 Å². The van der Waals surface area contributed by atoms with Crippen LogP contribution in [0.3, 0.4) is 0 Å². The van der Waals surface area contributed by atoms with Crippen molar-refractivity contribution >= 4 is 22.8 Å². The maximum Gasteiger partial charge on any atom is 0.223 e. The summed E-state index contributed by atoms with van der Waals surface area (Å²) in [6, 6.07) is 6.65. The molecular weight excluding hydrogens is 314 g/mol. The number of nitrogen functional groups attached to an aromatic ring is 1. The van der Waals surface area contributed by atoms with Crippen LogP contribution in [0, 0.1) is 0 Å². The topological polar surface area (TPSA) is 87.0 Å². The van der Waals surface area contributed by atoms with Crippen LogP contribution in [0.4, 0.5) is 11.8 Å². The number of fused-ring (bicyclic) bond motifs is 1. The number of nitrogens with zero attached hydrogens (tertiary/aromatic N) is 5. The Morgan fingerprint density at radius 2 is 1.96 bits per heavy atom. The number of hydrogen-bond donors (Lipinski definition) is 2. The number of hydrogen-bond acceptors (Lipinski definition) is 6. The smallest absolute Gasteiger partial charge is 0.223 e. The van der Waals surface area contributed by atoms with Crippen molar-refractivity contribution in [1.82, 2.24) is 24.8 Å². The lowest BCUT2D eigenvalue weighted by atomic mass is 10.0. The molecule has 0 radical (unpaired) electrons. The number of aromatic nitrogens is 4. The summed E-state index contributed by atoms with van der Waals surface area (Å²) >= 11 is 0. The van der Waals surface area contributed by atoms with Crippen molar-refractivity contribution in [3.05, 3.63) is 42.4 Å². The zero-order valence-corrected chi connectivity index (χ0v) is 14.4. The Kier molecular flexibility index (Phi) is 4.23. The molecule has 0 spiro atoms. The lowest BCUT2D eigenvalue weighted by Gasteiger charge is -2.37. The summed E-state index contributed by atoms with van der Waals surface area (Å²) < 4.78 is 0. The Labute approximate surface area is 146 Å². The Bertz CT molecular complexity index is 837. The SMILES string of the molecule is CN(c1nc(N)nc2[nH]ccc12)C1CCN(Cc2ccncc2)CC1. The van der Waals surface area contributed by atoms with E-state index in [1.807, 2.05) is 24.7 Å². The van der Waals surface area contributed by atoms with E-state index >= 15 is 0 Å². The van der Waals surface area contributed by atoms with Crippen LogP contribution >= 0.6 is 0 Å². The molecule has 4 rings (SSSR count). The quantitative estimate of drug-likeness (QED) is 0.757. The van der Waals surface area contributed by atoms with Crippen LogP contribution in [0.25, 0.3) is 11.0 Å². The number of piperidine rings is 1. The Morgan fingerprint density at radius 1 is 1.20 bits per heavy atom. The molecule has 4 heterocycles. The van der Waals surface area contributed by atoms with Crippen LogP contribution in [0.15, 0.2) is 36.8 Å². The highest BCUT2D eigenvalue weighted by molar-refractivity contribution is 5.88. The van der Waals surface area contributed by atoms with Gasteiger partial charge in [0, 0.05) is 51.3 Å². The zero-order chi connectivity index (χ0) is 17.2. The molecule has 1 saturated heterocycles. The van der Waals surface area contributed by atoms with Crippen molar-refractivity contribution in [2.45, 2.75) is 25.4 Å². The van der Waals surface area contributed by atoms with Crippen molar-refractivity contribution in [3.63, 3.8) is 0 Å². The van der Waals surface area contributed by atoms with Gasteiger partial charge in [0.2, 0.25) is 5.95 Å². The second-order valence-electron chi connectivity index (χ2n) is 6.62. The van der Waals surface area contributed by atoms with Crippen molar-refractivity contribution in [2.75, 3.05) is 30.8 Å². The van der Waals surface area contributed by atoms with Gasteiger partial charge in [0.25, 0.3) is 0 Å². The second-order valence-corrected chi connectivity index (χ2v) is 6.62. The van der Waals surface area contributed by atoms with Gasteiger partial charge in [0.05, 0.1) is 5.39 Å². The first-order valence-corrected chi connectivity index (χ1v) is 8.65. The molecule has 3 N–H and O–H groups in total. The molecule has 0 atom stereocenters. The lowest BCUT2D eigenvalue weighted by Crippen LogP contribution is -2.43. The fourth-order valence-corrected chi connectivity index (χ4v) is 3.59. The van der Waals surface area contributed by atoms with Crippen molar-refractivity contribution in [3.8, 4) is 0 Å². The first-order chi connectivity index (χ1) is 12.2. The van der Waals surface area contributed by atoms with E-state index in [4.69, 9.17) is 5.73 Å². The molecule has 0 aliphatic carbocycles. The third-order valence-corrected chi connectivity index (χ3v) is 5.01. The molecule has 0 bridgehead atoms. The van der Waals surface area contributed by atoms with E-state index < -0.39 is 0 Å². The maximum absolute atomic E-state index is 5.88. The standard InChI is InChI=1S/C18H23N7/c1-24(17-15-4-9-21-16(15)22-18(19)23-17)14-5-10-25(11-6-14)12-13-2-7-20-8-3-13/h2-4,7-9,14H,5-6,10-12H2,1H3,(H3,19,21,22,23). The molecule has 1 aliphatic heterocycles. The number of aromatic amines is 1. The predicted molar refractivity (Wildman–Crippen MR) is 99.2 cm³/mol. The van der Waals surface area contributed by atoms with E-state index in [0.29, 0.717) is 12.0 Å². The zero-order valence-electron chi connectivity index (χ0n) is 14.4. The van der Waals surface area contributed by atoms with Gasteiger partial charge in [0.1, 0.15) is 11.5 Å². The normalized spacial score (nSPS) is 16.4. The second kappa shape index (κ2) is 6.68. The molecule has 0 aromatic carbocycles. The Balaban J connectivity index is 1.44. The minimum absolute atomic E-state index is 0.312. The van der Waals surface area contributed by atoms with Crippen LogP contribution in [0.1, 0.15) is 18.4 Å². The summed E-state index contributed by atoms with van der Waals surface area (Å²) in [6.07, 6.45) is 7.82. The van der Waals surface area contributed by atoms with Gasteiger partial charge in [-0.1, -0.05) is 0 Å². The van der Waals surface area contributed by atoms with Gasteiger partial charge < -0.3 is 15.6 Å². The lowest BCUT2D eigenvalue weighted by molar-refractivity contribution is 0.203. The highest BCUT2D eigenvalue weighted by Gasteiger charge is 2.25. The van der Waals surface area contributed by atoms with Gasteiger partial charge in [-0.3, -0.25) is 9.88 Å². The number of likely N-dealkylation sites (tertiary alicyclic amines) is 1. The van der Waals surface area contributed by atoms with Gasteiger partial charge in [-0.05, 0) is 36.6 Å². The van der Waals surface area contributed by atoms with E-state index in [9.17, 15) is 0 Å². The summed E-state index contributed by atoms with van der Waals surface area (Å²) in [5.41, 5.74) is 7.99. The molecule has 7 nitrogen and oxygen atoms in total. The van der Waals surface area contributed by atoms with E-state index in [1.54, 1.807) is 0 Å². The van der Waals surface area contributed by atoms with Crippen molar-refractivity contribution in [2.24, 2.45) is 0 Å². The molecule has 1 aliphatic rings. The average molecular weight is 337 g/mol. The van der Waals surface area contributed by atoms with Gasteiger partial charge in [-0.25, -0.2) is 0 Å². The number of anilines is 2. The van der Waals surface area contributed by atoms with Crippen LogP contribution < -0.4 is 10.6 Å². The molecule has 1 fully saturated rings. The fraction of sp³-hybridized carbons (Fsp3) is 0.389. The number of rotatable bonds is 4. The van der Waals surface area contributed by atoms with Crippen LogP contribution in [-0.4, -0.2) is 51.0 Å². The Hall–Kier alpha value is -2.67. The number of nitrogens with one attached hydrogen (secondary N) is 1. The minimum Gasteiger partial charge on any atom is -0.368 e. The van der Waals surface area contributed by atoms with Gasteiger partial charge in [-0.2, -0.15) is 9.97 Å². The van der Waals surface area contributed by atoms with Crippen molar-refractivity contribution in [1.29, 1.82) is 0 Å². The predicted octanol–water partition coefficient (Wildman–Crippen LogP) is 2.04. The largest absolute Gasteiger partial charge is 0.368 e. The van der Waals surface area contributed by atoms with Crippen LogP contribution in [0.5, 0.6) is 0 Å². The van der Waals surface area contributed by atoms with Crippen LogP contribution in [0.2, 0.25) is 0 Å². The molecule has 7 heteroatoms. The average Bonchev–Trinajstić information content (AvgIpc) is 3.10. The Morgan fingerprint density at radius 3 is 2.72 bits per heavy atom. The molecule has 3 aromatic heterocycles. The maximum atomic E-state index is 5.88. The molecule has 130 valence electrons. The number of pyridine rings is 1. The first kappa shape index (κ1) is 15.8. The summed E-state index contributed by atoms with van der Waals surface area (Å²) in [6.45, 7) is 3.14. The van der Waals surface area contributed by atoms with Gasteiger partial charge >= 0.3 is 0 Å². The minimum atomic E-state index is 0.312. The van der Waals surface area contributed by atoms with E-state index in [-0.39, 0.29) is 0 Å². The molecule has 0 saturated carbocycles. The van der Waals surface area contributed by atoms with Crippen LogP contribution in [-0.2, 0) is 6.54 Å². The highest BCUT2D eigenvalue weighted by Crippen LogP contribution is 2.27. The molecule has 0 unspecified atom stereocenters. The molecule has 3 aromatic rings.